The number of methoxy groups -OCH3 is 1. The van der Waals surface area contributed by atoms with Crippen LogP contribution in [0, 0.1) is 5.92 Å². The Bertz CT molecular complexity index is 698. The minimum Gasteiger partial charge on any atom is -0.497 e. The number of sulfonamides is 1. The Hall–Kier alpha value is -1.60. The minimum atomic E-state index is -3.60. The summed E-state index contributed by atoms with van der Waals surface area (Å²) in [6.45, 7) is 6.62. The molecule has 6 nitrogen and oxygen atoms in total. The van der Waals surface area contributed by atoms with Gasteiger partial charge in [0.25, 0.3) is 0 Å². The highest BCUT2D eigenvalue weighted by Crippen LogP contribution is 2.25. The number of nitrogens with zero attached hydrogens (tertiary/aromatic N) is 1. The molecule has 1 aromatic rings. The number of benzene rings is 1. The molecule has 1 saturated heterocycles. The van der Waals surface area contributed by atoms with Crippen molar-refractivity contribution in [2.24, 2.45) is 5.92 Å². The van der Waals surface area contributed by atoms with Gasteiger partial charge in [-0.15, -0.1) is 0 Å². The molecule has 25 heavy (non-hydrogen) atoms. The Labute approximate surface area is 150 Å². The van der Waals surface area contributed by atoms with Gasteiger partial charge in [-0.05, 0) is 57.4 Å². The van der Waals surface area contributed by atoms with Crippen molar-refractivity contribution in [3.8, 4) is 5.75 Å². The highest BCUT2D eigenvalue weighted by molar-refractivity contribution is 7.89. The predicted molar refractivity (Wildman–Crippen MR) is 97.0 cm³/mol. The van der Waals surface area contributed by atoms with Gasteiger partial charge in [0.15, 0.2) is 0 Å². The van der Waals surface area contributed by atoms with Gasteiger partial charge >= 0.3 is 0 Å². The van der Waals surface area contributed by atoms with Gasteiger partial charge < -0.3 is 10.1 Å². The van der Waals surface area contributed by atoms with Gasteiger partial charge in [0.1, 0.15) is 5.75 Å². The molecule has 0 saturated carbocycles. The van der Waals surface area contributed by atoms with Gasteiger partial charge in [0.05, 0.1) is 17.9 Å². The Morgan fingerprint density at radius 3 is 2.52 bits per heavy atom. The largest absolute Gasteiger partial charge is 0.497 e. The molecule has 0 aliphatic carbocycles. The Kier molecular flexibility index (Phi) is 6.11. The van der Waals surface area contributed by atoms with Crippen molar-refractivity contribution in [3.63, 3.8) is 0 Å². The molecule has 140 valence electrons. The van der Waals surface area contributed by atoms with E-state index in [1.54, 1.807) is 12.1 Å². The van der Waals surface area contributed by atoms with Crippen molar-refractivity contribution in [2.45, 2.75) is 50.5 Å². The van der Waals surface area contributed by atoms with Crippen LogP contribution in [0.3, 0.4) is 0 Å². The van der Waals surface area contributed by atoms with E-state index in [0.29, 0.717) is 25.1 Å². The van der Waals surface area contributed by atoms with Gasteiger partial charge in [0, 0.05) is 18.6 Å². The van der Waals surface area contributed by atoms with Crippen molar-refractivity contribution in [1.82, 2.24) is 9.62 Å². The lowest BCUT2D eigenvalue weighted by Gasteiger charge is -2.33. The fourth-order valence-electron chi connectivity index (χ4n) is 2.80. The van der Waals surface area contributed by atoms with E-state index in [1.807, 2.05) is 20.8 Å². The van der Waals surface area contributed by atoms with Crippen LogP contribution < -0.4 is 10.1 Å². The molecule has 1 unspecified atom stereocenters. The van der Waals surface area contributed by atoms with E-state index in [9.17, 15) is 13.2 Å². The van der Waals surface area contributed by atoms with Crippen molar-refractivity contribution in [1.29, 1.82) is 0 Å². The number of carbonyl (C=O) groups excluding carboxylic acids is 1. The molecular formula is C18H28N2O4S. The highest BCUT2D eigenvalue weighted by atomic mass is 32.2. The van der Waals surface area contributed by atoms with E-state index in [4.69, 9.17) is 4.74 Å². The van der Waals surface area contributed by atoms with Crippen LogP contribution in [0.4, 0.5) is 0 Å². The zero-order chi connectivity index (χ0) is 18.7. The summed E-state index contributed by atoms with van der Waals surface area (Å²) in [6, 6.07) is 6.34. The number of nitrogens with one attached hydrogen (secondary N) is 1. The second-order valence-corrected chi connectivity index (χ2v) is 9.04. The van der Waals surface area contributed by atoms with Crippen LogP contribution in [0.5, 0.6) is 5.75 Å². The average Bonchev–Trinajstić information content (AvgIpc) is 2.61. The maximum atomic E-state index is 12.8. The van der Waals surface area contributed by atoms with Gasteiger partial charge in [-0.3, -0.25) is 4.79 Å². The molecule has 2 rings (SSSR count). The maximum absolute atomic E-state index is 12.8. The number of rotatable bonds is 6. The quantitative estimate of drug-likeness (QED) is 0.837. The smallest absolute Gasteiger partial charge is 0.243 e. The first kappa shape index (κ1) is 19.7. The number of hydrogen-bond donors (Lipinski definition) is 1. The van der Waals surface area contributed by atoms with Crippen molar-refractivity contribution >= 4 is 15.9 Å². The third kappa shape index (κ3) is 4.73. The number of piperidine rings is 1. The molecule has 1 fully saturated rings. The van der Waals surface area contributed by atoms with E-state index in [2.05, 4.69) is 5.32 Å². The van der Waals surface area contributed by atoms with Crippen LogP contribution in [-0.4, -0.2) is 44.4 Å². The average molecular weight is 368 g/mol. The Morgan fingerprint density at radius 2 is 1.96 bits per heavy atom. The zero-order valence-corrected chi connectivity index (χ0v) is 16.2. The van der Waals surface area contributed by atoms with Crippen LogP contribution in [0.15, 0.2) is 29.2 Å². The van der Waals surface area contributed by atoms with Gasteiger partial charge in [-0.2, -0.15) is 4.31 Å². The predicted octanol–water partition coefficient (Wildman–Crippen LogP) is 2.40. The van der Waals surface area contributed by atoms with E-state index in [1.165, 1.54) is 23.5 Å². The number of carbonyl (C=O) groups is 1. The highest BCUT2D eigenvalue weighted by Gasteiger charge is 2.34. The third-order valence-corrected chi connectivity index (χ3v) is 6.68. The molecule has 1 aliphatic rings. The van der Waals surface area contributed by atoms with Crippen LogP contribution in [-0.2, 0) is 14.8 Å². The lowest BCUT2D eigenvalue weighted by molar-refractivity contribution is -0.127. The molecule has 0 spiro atoms. The molecule has 1 heterocycles. The zero-order valence-electron chi connectivity index (χ0n) is 15.4. The summed E-state index contributed by atoms with van der Waals surface area (Å²) in [4.78, 5) is 12.7. The lowest BCUT2D eigenvalue weighted by atomic mass is 9.95. The molecule has 0 bridgehead atoms. The second kappa shape index (κ2) is 7.74. The molecule has 0 radical (unpaired) electrons. The molecule has 1 atom stereocenters. The Balaban J connectivity index is 2.12. The molecule has 7 heteroatoms. The van der Waals surface area contributed by atoms with Gasteiger partial charge in [0.2, 0.25) is 15.9 Å². The van der Waals surface area contributed by atoms with Crippen LogP contribution in [0.2, 0.25) is 0 Å². The second-order valence-electron chi connectivity index (χ2n) is 7.10. The first-order chi connectivity index (χ1) is 11.7. The monoisotopic (exact) mass is 368 g/mol. The van der Waals surface area contributed by atoms with Gasteiger partial charge in [-0.1, -0.05) is 6.92 Å². The molecule has 1 N–H and O–H groups in total. The molecule has 1 amide bonds. The van der Waals surface area contributed by atoms with Crippen molar-refractivity contribution < 1.29 is 17.9 Å². The van der Waals surface area contributed by atoms with Crippen LogP contribution in [0.1, 0.15) is 40.0 Å². The first-order valence-corrected chi connectivity index (χ1v) is 10.1. The maximum Gasteiger partial charge on any atom is 0.243 e. The van der Waals surface area contributed by atoms with Crippen LogP contribution in [0.25, 0.3) is 0 Å². The Morgan fingerprint density at radius 1 is 1.32 bits per heavy atom. The van der Waals surface area contributed by atoms with Crippen LogP contribution >= 0.6 is 0 Å². The summed E-state index contributed by atoms with van der Waals surface area (Å²) in [5.74, 6) is 0.228. The minimum absolute atomic E-state index is 0.0681. The number of ether oxygens (including phenoxy) is 1. The van der Waals surface area contributed by atoms with Gasteiger partial charge in [-0.25, -0.2) is 8.42 Å². The summed E-state index contributed by atoms with van der Waals surface area (Å²) in [5, 5.41) is 3.03. The first-order valence-electron chi connectivity index (χ1n) is 8.66. The summed E-state index contributed by atoms with van der Waals surface area (Å²) in [7, 11) is -2.07. The fraction of sp³-hybridized carbons (Fsp3) is 0.611. The SMILES string of the molecule is CCC(C)(C)NC(=O)C1CCCN(S(=O)(=O)c2ccc(OC)cc2)C1. The van der Waals surface area contributed by atoms with E-state index < -0.39 is 10.0 Å². The molecule has 1 aliphatic heterocycles. The lowest BCUT2D eigenvalue weighted by Crippen LogP contribution is -2.50. The topological polar surface area (TPSA) is 75.7 Å². The molecule has 1 aromatic carbocycles. The standard InChI is InChI=1S/C18H28N2O4S/c1-5-18(2,3)19-17(21)14-7-6-12-20(13-14)25(22,23)16-10-8-15(24-4)9-11-16/h8-11,14H,5-7,12-13H2,1-4H3,(H,19,21). The van der Waals surface area contributed by atoms with E-state index in [-0.39, 0.29) is 28.8 Å². The van der Waals surface area contributed by atoms with Crippen molar-refractivity contribution in [2.75, 3.05) is 20.2 Å². The summed E-state index contributed by atoms with van der Waals surface area (Å²) >= 11 is 0. The summed E-state index contributed by atoms with van der Waals surface area (Å²) in [6.07, 6.45) is 2.21. The normalized spacial score (nSPS) is 19.4. The molecule has 0 aromatic heterocycles. The third-order valence-electron chi connectivity index (χ3n) is 4.80. The number of amides is 1. The summed E-state index contributed by atoms with van der Waals surface area (Å²) < 4.78 is 32.2. The number of hydrogen-bond acceptors (Lipinski definition) is 4. The fourth-order valence-corrected chi connectivity index (χ4v) is 4.32. The van der Waals surface area contributed by atoms with Crippen molar-refractivity contribution in [3.05, 3.63) is 24.3 Å². The summed E-state index contributed by atoms with van der Waals surface area (Å²) in [5.41, 5.74) is -0.284. The van der Waals surface area contributed by atoms with E-state index in [0.717, 1.165) is 6.42 Å². The van der Waals surface area contributed by atoms with E-state index >= 15 is 0 Å². The molecular weight excluding hydrogens is 340 g/mol.